The summed E-state index contributed by atoms with van der Waals surface area (Å²) in [6.07, 6.45) is 1.34. The van der Waals surface area contributed by atoms with E-state index in [1.807, 2.05) is 83.8 Å². The van der Waals surface area contributed by atoms with Gasteiger partial charge in [0.15, 0.2) is 0 Å². The summed E-state index contributed by atoms with van der Waals surface area (Å²) in [6, 6.07) is 38.9. The largest absolute Gasteiger partial charge is 0.280 e. The summed E-state index contributed by atoms with van der Waals surface area (Å²) < 4.78 is 0. The average Bonchev–Trinajstić information content (AvgIpc) is 3.04. The first-order valence-electron chi connectivity index (χ1n) is 10.3. The van der Waals surface area contributed by atoms with Crippen LogP contribution in [0.25, 0.3) is 0 Å². The topological polar surface area (TPSA) is 20.3 Å². The molecule has 30 heavy (non-hydrogen) atoms. The van der Waals surface area contributed by atoms with E-state index < -0.39 is 5.41 Å². The van der Waals surface area contributed by atoms with Crippen molar-refractivity contribution in [3.05, 3.63) is 132 Å². The molecule has 5 rings (SSSR count). The fourth-order valence-electron chi connectivity index (χ4n) is 4.64. The first-order chi connectivity index (χ1) is 14.8. The zero-order chi connectivity index (χ0) is 20.4. The Morgan fingerprint density at radius 2 is 1.03 bits per heavy atom. The number of benzene rings is 4. The SMILES string of the molecule is O=C1N(c2ccccc2)c2ccccc2C1(Cc1ccccc1)Cc1ccccc1. The Bertz CT molecular complexity index is 1110. The monoisotopic (exact) mass is 389 g/mol. The number of para-hydroxylation sites is 2. The van der Waals surface area contributed by atoms with Crippen LogP contribution in [-0.4, -0.2) is 5.91 Å². The second-order valence-electron chi connectivity index (χ2n) is 7.90. The molecule has 0 radical (unpaired) electrons. The number of anilines is 2. The Morgan fingerprint density at radius 1 is 0.567 bits per heavy atom. The molecule has 4 aromatic rings. The molecule has 0 atom stereocenters. The lowest BCUT2D eigenvalue weighted by Gasteiger charge is -2.29. The van der Waals surface area contributed by atoms with Crippen LogP contribution in [0.2, 0.25) is 0 Å². The van der Waals surface area contributed by atoms with E-state index in [0.717, 1.165) is 16.9 Å². The molecule has 146 valence electrons. The van der Waals surface area contributed by atoms with E-state index in [0.29, 0.717) is 12.8 Å². The predicted molar refractivity (Wildman–Crippen MR) is 122 cm³/mol. The maximum absolute atomic E-state index is 14.2. The maximum atomic E-state index is 14.2. The third kappa shape index (κ3) is 3.11. The Morgan fingerprint density at radius 3 is 1.60 bits per heavy atom. The molecule has 0 saturated carbocycles. The molecular formula is C28H23NO. The number of hydrogen-bond acceptors (Lipinski definition) is 1. The number of carbonyl (C=O) groups excluding carboxylic acids is 1. The standard InChI is InChI=1S/C28H23NO/c30-27-28(20-22-12-4-1-5-13-22,21-23-14-6-2-7-15-23)25-18-10-11-19-26(25)29(27)24-16-8-3-9-17-24/h1-19H,20-21H2. The van der Waals surface area contributed by atoms with Crippen LogP contribution in [0.15, 0.2) is 115 Å². The number of fused-ring (bicyclic) bond motifs is 1. The van der Waals surface area contributed by atoms with Gasteiger partial charge in [-0.05, 0) is 47.7 Å². The van der Waals surface area contributed by atoms with Crippen molar-refractivity contribution < 1.29 is 4.79 Å². The highest BCUT2D eigenvalue weighted by atomic mass is 16.2. The van der Waals surface area contributed by atoms with Crippen molar-refractivity contribution in [3.63, 3.8) is 0 Å². The number of rotatable bonds is 5. The van der Waals surface area contributed by atoms with Crippen LogP contribution < -0.4 is 4.90 Å². The summed E-state index contributed by atoms with van der Waals surface area (Å²) >= 11 is 0. The summed E-state index contributed by atoms with van der Waals surface area (Å²) in [4.78, 5) is 16.1. The van der Waals surface area contributed by atoms with E-state index in [-0.39, 0.29) is 5.91 Å². The van der Waals surface area contributed by atoms with Gasteiger partial charge >= 0.3 is 0 Å². The van der Waals surface area contributed by atoms with Crippen molar-refractivity contribution >= 4 is 17.3 Å². The normalized spacial score (nSPS) is 14.5. The minimum Gasteiger partial charge on any atom is -0.280 e. The van der Waals surface area contributed by atoms with Crippen molar-refractivity contribution in [3.8, 4) is 0 Å². The molecular weight excluding hydrogens is 366 g/mol. The Kier molecular flexibility index (Phi) is 4.68. The third-order valence-corrected chi connectivity index (χ3v) is 5.98. The van der Waals surface area contributed by atoms with Gasteiger partial charge in [-0.15, -0.1) is 0 Å². The molecule has 0 spiro atoms. The van der Waals surface area contributed by atoms with Crippen LogP contribution in [-0.2, 0) is 23.1 Å². The molecule has 1 amide bonds. The van der Waals surface area contributed by atoms with Crippen molar-refractivity contribution in [1.82, 2.24) is 0 Å². The van der Waals surface area contributed by atoms with Gasteiger partial charge in [-0.25, -0.2) is 0 Å². The minimum absolute atomic E-state index is 0.141. The molecule has 0 aromatic heterocycles. The van der Waals surface area contributed by atoms with E-state index in [2.05, 4.69) is 36.4 Å². The van der Waals surface area contributed by atoms with E-state index in [1.54, 1.807) is 0 Å². The molecule has 1 aliphatic heterocycles. The van der Waals surface area contributed by atoms with Crippen LogP contribution in [0.4, 0.5) is 11.4 Å². The van der Waals surface area contributed by atoms with Gasteiger partial charge in [-0.3, -0.25) is 9.69 Å². The molecule has 0 saturated heterocycles. The van der Waals surface area contributed by atoms with Gasteiger partial charge in [-0.2, -0.15) is 0 Å². The quantitative estimate of drug-likeness (QED) is 0.404. The Labute approximate surface area is 177 Å². The smallest absolute Gasteiger partial charge is 0.242 e. The summed E-state index contributed by atoms with van der Waals surface area (Å²) in [6.45, 7) is 0. The fourth-order valence-corrected chi connectivity index (χ4v) is 4.64. The summed E-state index contributed by atoms with van der Waals surface area (Å²) in [7, 11) is 0. The van der Waals surface area contributed by atoms with E-state index in [1.165, 1.54) is 11.1 Å². The lowest BCUT2D eigenvalue weighted by molar-refractivity contribution is -0.122. The van der Waals surface area contributed by atoms with Crippen molar-refractivity contribution in [1.29, 1.82) is 0 Å². The minimum atomic E-state index is -0.644. The van der Waals surface area contributed by atoms with Crippen molar-refractivity contribution in [2.45, 2.75) is 18.3 Å². The Balaban J connectivity index is 1.70. The van der Waals surface area contributed by atoms with Crippen molar-refractivity contribution in [2.24, 2.45) is 0 Å². The summed E-state index contributed by atoms with van der Waals surface area (Å²) in [5.74, 6) is 0.141. The second kappa shape index (κ2) is 7.64. The molecule has 2 heteroatoms. The zero-order valence-electron chi connectivity index (χ0n) is 16.7. The third-order valence-electron chi connectivity index (χ3n) is 5.98. The highest BCUT2D eigenvalue weighted by molar-refractivity contribution is 6.13. The van der Waals surface area contributed by atoms with E-state index in [4.69, 9.17) is 0 Å². The van der Waals surface area contributed by atoms with Gasteiger partial charge in [0.05, 0.1) is 11.1 Å². The van der Waals surface area contributed by atoms with Crippen molar-refractivity contribution in [2.75, 3.05) is 4.90 Å². The number of amides is 1. The highest BCUT2D eigenvalue weighted by Crippen LogP contribution is 2.48. The maximum Gasteiger partial charge on any atom is 0.242 e. The van der Waals surface area contributed by atoms with Crippen LogP contribution in [0, 0.1) is 0 Å². The Hall–Kier alpha value is -3.65. The van der Waals surface area contributed by atoms with Gasteiger partial charge in [0.1, 0.15) is 0 Å². The molecule has 0 fully saturated rings. The highest BCUT2D eigenvalue weighted by Gasteiger charge is 2.51. The van der Waals surface area contributed by atoms with Gasteiger partial charge in [-0.1, -0.05) is 97.1 Å². The van der Waals surface area contributed by atoms with Gasteiger partial charge in [0, 0.05) is 5.69 Å². The summed E-state index contributed by atoms with van der Waals surface area (Å²) in [5, 5.41) is 0. The molecule has 1 aliphatic rings. The van der Waals surface area contributed by atoms with E-state index in [9.17, 15) is 4.79 Å². The molecule has 1 heterocycles. The number of carbonyl (C=O) groups is 1. The van der Waals surface area contributed by atoms with Crippen LogP contribution in [0.3, 0.4) is 0 Å². The van der Waals surface area contributed by atoms with Gasteiger partial charge in [0.25, 0.3) is 0 Å². The van der Waals surface area contributed by atoms with E-state index >= 15 is 0 Å². The molecule has 0 unspecified atom stereocenters. The van der Waals surface area contributed by atoms with Gasteiger partial charge in [0.2, 0.25) is 5.91 Å². The number of hydrogen-bond donors (Lipinski definition) is 0. The second-order valence-corrected chi connectivity index (χ2v) is 7.90. The molecule has 0 aliphatic carbocycles. The molecule has 4 aromatic carbocycles. The molecule has 2 nitrogen and oxygen atoms in total. The lowest BCUT2D eigenvalue weighted by Crippen LogP contribution is -2.42. The lowest BCUT2D eigenvalue weighted by atomic mass is 9.72. The molecule has 0 bridgehead atoms. The molecule has 0 N–H and O–H groups in total. The average molecular weight is 389 g/mol. The first kappa shape index (κ1) is 18.4. The van der Waals surface area contributed by atoms with Gasteiger partial charge < -0.3 is 0 Å². The van der Waals surface area contributed by atoms with Crippen LogP contribution in [0.5, 0.6) is 0 Å². The fraction of sp³-hybridized carbons (Fsp3) is 0.107. The number of nitrogens with zero attached hydrogens (tertiary/aromatic N) is 1. The first-order valence-corrected chi connectivity index (χ1v) is 10.3. The summed E-state index contributed by atoms with van der Waals surface area (Å²) in [5.41, 5.74) is 4.71. The van der Waals surface area contributed by atoms with Crippen LogP contribution in [0.1, 0.15) is 16.7 Å². The zero-order valence-corrected chi connectivity index (χ0v) is 16.7. The predicted octanol–water partition coefficient (Wildman–Crippen LogP) is 6.09. The van der Waals surface area contributed by atoms with Crippen LogP contribution >= 0.6 is 0 Å².